The number of esters is 1. The van der Waals surface area contributed by atoms with E-state index in [2.05, 4.69) is 5.32 Å². The molecule has 0 bridgehead atoms. The number of hydrogen-bond acceptors (Lipinski definition) is 4. The fourth-order valence-electron chi connectivity index (χ4n) is 2.78. The lowest BCUT2D eigenvalue weighted by Crippen LogP contribution is -2.29. The summed E-state index contributed by atoms with van der Waals surface area (Å²) in [5.74, 6) is 0.0684. The maximum atomic E-state index is 12.6. The Hall–Kier alpha value is -3.08. The lowest BCUT2D eigenvalue weighted by Gasteiger charge is -2.18. The highest BCUT2D eigenvalue weighted by atomic mass is 16.5. The lowest BCUT2D eigenvalue weighted by molar-refractivity contribution is -0.143. The minimum Gasteiger partial charge on any atom is -0.496 e. The summed E-state index contributed by atoms with van der Waals surface area (Å²) in [6.07, 6.45) is 1.59. The van der Waals surface area contributed by atoms with Crippen molar-refractivity contribution in [2.24, 2.45) is 0 Å². The van der Waals surface area contributed by atoms with E-state index in [0.29, 0.717) is 12.4 Å². The van der Waals surface area contributed by atoms with Gasteiger partial charge < -0.3 is 14.8 Å². The van der Waals surface area contributed by atoms with Crippen LogP contribution in [0, 0.1) is 0 Å². The Bertz CT molecular complexity index is 799. The predicted octanol–water partition coefficient (Wildman–Crippen LogP) is 3.91. The van der Waals surface area contributed by atoms with E-state index in [9.17, 15) is 9.59 Å². The summed E-state index contributed by atoms with van der Waals surface area (Å²) in [5.41, 5.74) is 2.46. The molecule has 5 nitrogen and oxygen atoms in total. The predicted molar refractivity (Wildman–Crippen MR) is 105 cm³/mol. The number of methoxy groups -OCH3 is 1. The van der Waals surface area contributed by atoms with Crippen molar-refractivity contribution in [1.29, 1.82) is 0 Å². The summed E-state index contributed by atoms with van der Waals surface area (Å²) in [6, 6.07) is 16.4. The number of carbonyl (C=O) groups is 2. The van der Waals surface area contributed by atoms with Gasteiger partial charge in [-0.25, -0.2) is 0 Å². The molecule has 0 aromatic heterocycles. The molecule has 0 heterocycles. The molecule has 1 unspecified atom stereocenters. The van der Waals surface area contributed by atoms with Gasteiger partial charge in [0.2, 0.25) is 5.91 Å². The number of allylic oxidation sites excluding steroid dienone is 1. The first-order valence-electron chi connectivity index (χ1n) is 8.88. The van der Waals surface area contributed by atoms with Crippen LogP contribution in [0.15, 0.2) is 60.7 Å². The lowest BCUT2D eigenvalue weighted by atomic mass is 10.0. The van der Waals surface area contributed by atoms with Gasteiger partial charge >= 0.3 is 5.97 Å². The summed E-state index contributed by atoms with van der Waals surface area (Å²) in [7, 11) is 1.59. The molecule has 0 saturated heterocycles. The zero-order valence-corrected chi connectivity index (χ0v) is 15.9. The van der Waals surface area contributed by atoms with Gasteiger partial charge in [0.05, 0.1) is 26.2 Å². The van der Waals surface area contributed by atoms with Gasteiger partial charge in [0, 0.05) is 11.6 Å². The Morgan fingerprint density at radius 3 is 2.41 bits per heavy atom. The van der Waals surface area contributed by atoms with Crippen LogP contribution in [0.5, 0.6) is 5.75 Å². The summed E-state index contributed by atoms with van der Waals surface area (Å²) >= 11 is 0. The number of carbonyl (C=O) groups excluding carboxylic acids is 2. The number of amides is 1. The Kier molecular flexibility index (Phi) is 7.62. The SMILES string of the molecule is CCOC(=O)CC(NC(=O)/C=C(/C)c1ccccc1OC)c1ccccc1. The van der Waals surface area contributed by atoms with Crippen molar-refractivity contribution in [3.8, 4) is 5.75 Å². The van der Waals surface area contributed by atoms with Gasteiger partial charge in [0.15, 0.2) is 0 Å². The topological polar surface area (TPSA) is 64.6 Å². The van der Waals surface area contributed by atoms with Gasteiger partial charge in [-0.2, -0.15) is 0 Å². The molecule has 2 aromatic carbocycles. The van der Waals surface area contributed by atoms with E-state index in [1.807, 2.05) is 61.5 Å². The van der Waals surface area contributed by atoms with Crippen LogP contribution in [0.3, 0.4) is 0 Å². The van der Waals surface area contributed by atoms with Crippen LogP contribution in [0.25, 0.3) is 5.57 Å². The van der Waals surface area contributed by atoms with E-state index >= 15 is 0 Å². The molecule has 0 fully saturated rings. The first-order chi connectivity index (χ1) is 13.0. The first-order valence-corrected chi connectivity index (χ1v) is 8.88. The molecule has 0 saturated carbocycles. The standard InChI is InChI=1S/C22H25NO4/c1-4-27-22(25)15-19(17-10-6-5-7-11-17)23-21(24)14-16(2)18-12-8-9-13-20(18)26-3/h5-14,19H,4,15H2,1-3H3,(H,23,24)/b16-14-. The third-order valence-electron chi connectivity index (χ3n) is 4.07. The molecular weight excluding hydrogens is 342 g/mol. The highest BCUT2D eigenvalue weighted by Crippen LogP contribution is 2.25. The van der Waals surface area contributed by atoms with E-state index < -0.39 is 6.04 Å². The first kappa shape index (κ1) is 20.2. The Morgan fingerprint density at radius 1 is 1.07 bits per heavy atom. The van der Waals surface area contributed by atoms with Crippen LogP contribution in [-0.2, 0) is 14.3 Å². The number of ether oxygens (including phenoxy) is 2. The number of nitrogens with one attached hydrogen (secondary N) is 1. The minimum atomic E-state index is -0.459. The van der Waals surface area contributed by atoms with Crippen molar-refractivity contribution in [1.82, 2.24) is 5.32 Å². The molecule has 2 aromatic rings. The van der Waals surface area contributed by atoms with E-state index in [1.54, 1.807) is 14.0 Å². The molecule has 1 amide bonds. The molecule has 5 heteroatoms. The summed E-state index contributed by atoms with van der Waals surface area (Å²) in [6.45, 7) is 3.91. The number of rotatable bonds is 8. The number of benzene rings is 2. The van der Waals surface area contributed by atoms with Crippen molar-refractivity contribution in [2.75, 3.05) is 13.7 Å². The zero-order chi connectivity index (χ0) is 19.6. The normalized spacial score (nSPS) is 12.2. The van der Waals surface area contributed by atoms with Crippen LogP contribution < -0.4 is 10.1 Å². The van der Waals surface area contributed by atoms with Gasteiger partial charge in [-0.3, -0.25) is 9.59 Å². The second-order valence-corrected chi connectivity index (χ2v) is 6.01. The minimum absolute atomic E-state index is 0.0745. The average molecular weight is 367 g/mol. The van der Waals surface area contributed by atoms with E-state index in [1.165, 1.54) is 6.08 Å². The van der Waals surface area contributed by atoms with E-state index in [0.717, 1.165) is 16.7 Å². The van der Waals surface area contributed by atoms with Gasteiger partial charge in [0.25, 0.3) is 0 Å². The van der Waals surface area contributed by atoms with Crippen molar-refractivity contribution in [3.05, 3.63) is 71.8 Å². The molecule has 0 spiro atoms. The Balaban J connectivity index is 2.18. The largest absolute Gasteiger partial charge is 0.496 e. The van der Waals surface area contributed by atoms with Crippen molar-refractivity contribution >= 4 is 17.4 Å². The third-order valence-corrected chi connectivity index (χ3v) is 4.07. The third kappa shape index (κ3) is 5.99. The Labute approximate surface area is 160 Å². The van der Waals surface area contributed by atoms with Crippen molar-refractivity contribution in [3.63, 3.8) is 0 Å². The van der Waals surface area contributed by atoms with E-state index in [-0.39, 0.29) is 18.3 Å². The Morgan fingerprint density at radius 2 is 1.74 bits per heavy atom. The fraction of sp³-hybridized carbons (Fsp3) is 0.273. The quantitative estimate of drug-likeness (QED) is 0.567. The van der Waals surface area contributed by atoms with Crippen LogP contribution in [0.1, 0.15) is 37.4 Å². The monoisotopic (exact) mass is 367 g/mol. The molecule has 0 aliphatic heterocycles. The average Bonchev–Trinajstić information content (AvgIpc) is 2.68. The molecule has 0 radical (unpaired) electrons. The molecule has 142 valence electrons. The molecular formula is C22H25NO4. The molecule has 1 atom stereocenters. The van der Waals surface area contributed by atoms with Crippen LogP contribution >= 0.6 is 0 Å². The van der Waals surface area contributed by atoms with Crippen LogP contribution in [0.2, 0.25) is 0 Å². The van der Waals surface area contributed by atoms with Gasteiger partial charge in [-0.15, -0.1) is 0 Å². The second kappa shape index (κ2) is 10.2. The molecule has 2 rings (SSSR count). The van der Waals surface area contributed by atoms with Crippen molar-refractivity contribution in [2.45, 2.75) is 26.3 Å². The summed E-state index contributed by atoms with van der Waals surface area (Å²) in [4.78, 5) is 24.5. The maximum absolute atomic E-state index is 12.6. The highest BCUT2D eigenvalue weighted by Gasteiger charge is 2.18. The van der Waals surface area contributed by atoms with E-state index in [4.69, 9.17) is 9.47 Å². The molecule has 27 heavy (non-hydrogen) atoms. The van der Waals surface area contributed by atoms with Crippen LogP contribution in [0.4, 0.5) is 0 Å². The number of para-hydroxylation sites is 1. The van der Waals surface area contributed by atoms with Gasteiger partial charge in [-0.05, 0) is 31.1 Å². The zero-order valence-electron chi connectivity index (χ0n) is 15.9. The summed E-state index contributed by atoms with van der Waals surface area (Å²) < 4.78 is 10.4. The highest BCUT2D eigenvalue weighted by molar-refractivity contribution is 5.95. The smallest absolute Gasteiger partial charge is 0.308 e. The fourth-order valence-corrected chi connectivity index (χ4v) is 2.78. The molecule has 1 N–H and O–H groups in total. The van der Waals surface area contributed by atoms with Crippen LogP contribution in [-0.4, -0.2) is 25.6 Å². The number of hydrogen-bond donors (Lipinski definition) is 1. The van der Waals surface area contributed by atoms with Gasteiger partial charge in [0.1, 0.15) is 5.75 Å². The maximum Gasteiger partial charge on any atom is 0.308 e. The molecule has 0 aliphatic rings. The summed E-state index contributed by atoms with van der Waals surface area (Å²) in [5, 5.41) is 2.90. The molecule has 0 aliphatic carbocycles. The van der Waals surface area contributed by atoms with Gasteiger partial charge in [-0.1, -0.05) is 48.5 Å². The second-order valence-electron chi connectivity index (χ2n) is 6.01. The van der Waals surface area contributed by atoms with Crippen molar-refractivity contribution < 1.29 is 19.1 Å².